The summed E-state index contributed by atoms with van der Waals surface area (Å²) in [4.78, 5) is 4.81. The fourth-order valence-electron chi connectivity index (χ4n) is 2.86. The average molecular weight is 423 g/mol. The van der Waals surface area contributed by atoms with Crippen LogP contribution < -0.4 is 10.6 Å². The lowest BCUT2D eigenvalue weighted by atomic mass is 10.0. The first-order valence-electron chi connectivity index (χ1n) is 8.90. The van der Waals surface area contributed by atoms with Crippen LogP contribution in [0.3, 0.4) is 0 Å². The Morgan fingerprint density at radius 3 is 2.45 bits per heavy atom. The van der Waals surface area contributed by atoms with Gasteiger partial charge in [0.1, 0.15) is 0 Å². The second kappa shape index (κ2) is 10.7. The zero-order valence-electron chi connectivity index (χ0n) is 14.3. The molecule has 2 fully saturated rings. The number of unbranched alkanes of at least 4 members (excludes halogenated alkanes) is 1. The van der Waals surface area contributed by atoms with Gasteiger partial charge in [-0.25, -0.2) is 0 Å². The van der Waals surface area contributed by atoms with E-state index >= 15 is 0 Å². The third kappa shape index (κ3) is 7.02. The summed E-state index contributed by atoms with van der Waals surface area (Å²) >= 11 is 0. The van der Waals surface area contributed by atoms with Gasteiger partial charge in [-0.05, 0) is 56.8 Å². The van der Waals surface area contributed by atoms with Crippen molar-refractivity contribution in [3.8, 4) is 0 Å². The van der Waals surface area contributed by atoms with E-state index in [0.717, 1.165) is 51.1 Å². The van der Waals surface area contributed by atoms with Gasteiger partial charge in [-0.3, -0.25) is 4.99 Å². The molecule has 130 valence electrons. The molecule has 4 nitrogen and oxygen atoms in total. The Balaban J connectivity index is 0.00000242. The van der Waals surface area contributed by atoms with Crippen LogP contribution in [0.1, 0.15) is 58.8 Å². The van der Waals surface area contributed by atoms with E-state index in [0.29, 0.717) is 5.41 Å². The van der Waals surface area contributed by atoms with Crippen LogP contribution in [0, 0.1) is 11.3 Å². The molecular weight excluding hydrogens is 389 g/mol. The number of halogens is 1. The monoisotopic (exact) mass is 423 g/mol. The molecule has 0 spiro atoms. The fourth-order valence-corrected chi connectivity index (χ4v) is 2.86. The molecule has 0 unspecified atom stereocenters. The van der Waals surface area contributed by atoms with Gasteiger partial charge in [-0.15, -0.1) is 24.0 Å². The number of rotatable bonds is 11. The smallest absolute Gasteiger partial charge is 0.191 e. The van der Waals surface area contributed by atoms with Crippen LogP contribution in [0.5, 0.6) is 0 Å². The Bertz CT molecular complexity index is 328. The minimum absolute atomic E-state index is 0. The molecule has 2 N–H and O–H groups in total. The van der Waals surface area contributed by atoms with Gasteiger partial charge < -0.3 is 15.4 Å². The molecule has 0 heterocycles. The third-order valence-corrected chi connectivity index (χ3v) is 4.63. The first-order valence-corrected chi connectivity index (χ1v) is 8.90. The van der Waals surface area contributed by atoms with Gasteiger partial charge in [0.15, 0.2) is 5.96 Å². The highest BCUT2D eigenvalue weighted by molar-refractivity contribution is 14.0. The van der Waals surface area contributed by atoms with Crippen molar-refractivity contribution in [3.05, 3.63) is 0 Å². The van der Waals surface area contributed by atoms with Crippen molar-refractivity contribution in [2.45, 2.75) is 58.8 Å². The highest BCUT2D eigenvalue weighted by Gasteiger charge is 2.53. The van der Waals surface area contributed by atoms with Crippen LogP contribution in [-0.4, -0.2) is 38.8 Å². The Kier molecular flexibility index (Phi) is 9.71. The first kappa shape index (κ1) is 20.0. The van der Waals surface area contributed by atoms with E-state index < -0.39 is 0 Å². The van der Waals surface area contributed by atoms with Crippen LogP contribution in [0.25, 0.3) is 0 Å². The molecule has 0 aromatic heterocycles. The molecule has 0 aliphatic heterocycles. The van der Waals surface area contributed by atoms with Crippen LogP contribution in [-0.2, 0) is 4.74 Å². The van der Waals surface area contributed by atoms with Crippen molar-refractivity contribution in [2.24, 2.45) is 16.3 Å². The maximum atomic E-state index is 5.58. The summed E-state index contributed by atoms with van der Waals surface area (Å²) < 4.78 is 5.58. The summed E-state index contributed by atoms with van der Waals surface area (Å²) in [5, 5.41) is 6.78. The van der Waals surface area contributed by atoms with Crippen molar-refractivity contribution in [1.29, 1.82) is 0 Å². The van der Waals surface area contributed by atoms with E-state index in [-0.39, 0.29) is 24.0 Å². The van der Waals surface area contributed by atoms with Gasteiger partial charge in [-0.1, -0.05) is 13.3 Å². The molecule has 0 amide bonds. The predicted molar refractivity (Wildman–Crippen MR) is 104 cm³/mol. The van der Waals surface area contributed by atoms with E-state index in [1.807, 2.05) is 0 Å². The molecule has 0 saturated heterocycles. The molecule has 0 aromatic carbocycles. The number of nitrogens with zero attached hydrogens (tertiary/aromatic N) is 1. The van der Waals surface area contributed by atoms with Gasteiger partial charge in [0, 0.05) is 32.8 Å². The summed E-state index contributed by atoms with van der Waals surface area (Å²) in [7, 11) is 0. The summed E-state index contributed by atoms with van der Waals surface area (Å²) in [5.74, 6) is 1.97. The van der Waals surface area contributed by atoms with Crippen LogP contribution in [0.4, 0.5) is 0 Å². The highest BCUT2D eigenvalue weighted by Crippen LogP contribution is 2.61. The first-order chi connectivity index (χ1) is 10.3. The molecule has 2 rings (SSSR count). The second-order valence-corrected chi connectivity index (χ2v) is 6.58. The number of hydrogen-bond acceptors (Lipinski definition) is 2. The predicted octanol–water partition coefficient (Wildman–Crippen LogP) is 3.56. The van der Waals surface area contributed by atoms with Gasteiger partial charge in [0.2, 0.25) is 0 Å². The Morgan fingerprint density at radius 1 is 1.14 bits per heavy atom. The van der Waals surface area contributed by atoms with E-state index in [1.165, 1.54) is 38.5 Å². The van der Waals surface area contributed by atoms with Crippen LogP contribution in [0.15, 0.2) is 4.99 Å². The molecule has 2 saturated carbocycles. The van der Waals surface area contributed by atoms with Crippen molar-refractivity contribution in [3.63, 3.8) is 0 Å². The Labute approximate surface area is 153 Å². The number of aliphatic imine (C=N–C) groups is 1. The lowest BCUT2D eigenvalue weighted by Crippen LogP contribution is -2.38. The standard InChI is InChI=1S/C17H33N3O.HI/c1-3-5-12-21-13-6-11-19-16(18-4-2)20-14-17(9-10-17)15-7-8-15;/h15H,3-14H2,1-2H3,(H2,18,19,20);1H. The molecule has 2 aliphatic carbocycles. The van der Waals surface area contributed by atoms with Crippen molar-refractivity contribution >= 4 is 29.9 Å². The lowest BCUT2D eigenvalue weighted by Gasteiger charge is -2.15. The summed E-state index contributed by atoms with van der Waals surface area (Å²) in [6, 6.07) is 0. The SMILES string of the molecule is CCCCOCCCNC(=NCC1(C2CC2)CC1)NCC.I. The van der Waals surface area contributed by atoms with Gasteiger partial charge >= 0.3 is 0 Å². The molecule has 0 bridgehead atoms. The summed E-state index contributed by atoms with van der Waals surface area (Å²) in [6.07, 6.45) is 9.09. The zero-order chi connectivity index (χ0) is 15.0. The molecular formula is C17H34IN3O. The van der Waals surface area contributed by atoms with Gasteiger partial charge in [0.25, 0.3) is 0 Å². The minimum atomic E-state index is 0. The van der Waals surface area contributed by atoms with E-state index in [1.54, 1.807) is 0 Å². The normalized spacial score (nSPS) is 19.5. The lowest BCUT2D eigenvalue weighted by molar-refractivity contribution is 0.129. The van der Waals surface area contributed by atoms with Crippen molar-refractivity contribution in [2.75, 3.05) is 32.8 Å². The summed E-state index contributed by atoms with van der Waals surface area (Å²) in [5.41, 5.74) is 0.589. The van der Waals surface area contributed by atoms with Crippen LogP contribution in [0.2, 0.25) is 0 Å². The molecule has 0 atom stereocenters. The third-order valence-electron chi connectivity index (χ3n) is 4.63. The molecule has 0 radical (unpaired) electrons. The Morgan fingerprint density at radius 2 is 1.86 bits per heavy atom. The minimum Gasteiger partial charge on any atom is -0.381 e. The maximum absolute atomic E-state index is 5.58. The van der Waals surface area contributed by atoms with E-state index in [9.17, 15) is 0 Å². The largest absolute Gasteiger partial charge is 0.381 e. The molecule has 22 heavy (non-hydrogen) atoms. The molecule has 0 aromatic rings. The maximum Gasteiger partial charge on any atom is 0.191 e. The van der Waals surface area contributed by atoms with Crippen molar-refractivity contribution < 1.29 is 4.74 Å². The van der Waals surface area contributed by atoms with Crippen LogP contribution >= 0.6 is 24.0 Å². The number of ether oxygens (including phenoxy) is 1. The molecule has 5 heteroatoms. The number of nitrogens with one attached hydrogen (secondary N) is 2. The Hall–Kier alpha value is -0.0400. The topological polar surface area (TPSA) is 45.6 Å². The number of guanidine groups is 1. The fraction of sp³-hybridized carbons (Fsp3) is 0.941. The summed E-state index contributed by atoms with van der Waals surface area (Å²) in [6.45, 7) is 8.94. The van der Waals surface area contributed by atoms with Crippen molar-refractivity contribution in [1.82, 2.24) is 10.6 Å². The van der Waals surface area contributed by atoms with E-state index in [2.05, 4.69) is 24.5 Å². The quantitative estimate of drug-likeness (QED) is 0.231. The number of hydrogen-bond donors (Lipinski definition) is 2. The van der Waals surface area contributed by atoms with E-state index in [4.69, 9.17) is 9.73 Å². The van der Waals surface area contributed by atoms with Gasteiger partial charge in [0.05, 0.1) is 0 Å². The molecule has 2 aliphatic rings. The highest BCUT2D eigenvalue weighted by atomic mass is 127. The zero-order valence-corrected chi connectivity index (χ0v) is 16.7. The van der Waals surface area contributed by atoms with Gasteiger partial charge in [-0.2, -0.15) is 0 Å². The second-order valence-electron chi connectivity index (χ2n) is 6.58. The average Bonchev–Trinajstić information content (AvgIpc) is 3.37.